The molecule has 1 aliphatic rings. The first-order valence-corrected chi connectivity index (χ1v) is 13.0. The van der Waals surface area contributed by atoms with Gasteiger partial charge in [0.15, 0.2) is 11.5 Å². The molecule has 1 fully saturated rings. The minimum Gasteiger partial charge on any atom is -0.493 e. The molecule has 180 valence electrons. The SMILES string of the molecule is COc1cc(CNC2CCN(Cc3ccccc3)CC2)cc(Br)c1OCc1ccc(Cl)c(Cl)c1. The van der Waals surface area contributed by atoms with Crippen LogP contribution in [-0.2, 0) is 19.7 Å². The molecule has 1 saturated heterocycles. The van der Waals surface area contributed by atoms with Crippen molar-refractivity contribution in [3.05, 3.63) is 91.9 Å². The van der Waals surface area contributed by atoms with Crippen molar-refractivity contribution in [3.63, 3.8) is 0 Å². The third kappa shape index (κ3) is 6.89. The number of hydrogen-bond donors (Lipinski definition) is 1. The number of halogens is 3. The predicted octanol–water partition coefficient (Wildman–Crippen LogP) is 7.10. The molecule has 0 amide bonds. The van der Waals surface area contributed by atoms with Crippen LogP contribution in [0.5, 0.6) is 11.5 Å². The molecular weight excluding hydrogens is 535 g/mol. The summed E-state index contributed by atoms with van der Waals surface area (Å²) in [6.07, 6.45) is 2.30. The first-order valence-electron chi connectivity index (χ1n) is 11.4. The van der Waals surface area contributed by atoms with Crippen LogP contribution in [0.2, 0.25) is 10.0 Å². The Balaban J connectivity index is 1.30. The summed E-state index contributed by atoms with van der Waals surface area (Å²) in [6.45, 7) is 4.40. The monoisotopic (exact) mass is 562 g/mol. The van der Waals surface area contributed by atoms with Gasteiger partial charge >= 0.3 is 0 Å². The van der Waals surface area contributed by atoms with Crippen molar-refractivity contribution < 1.29 is 9.47 Å². The van der Waals surface area contributed by atoms with Crippen molar-refractivity contribution in [1.29, 1.82) is 0 Å². The number of nitrogens with zero attached hydrogens (tertiary/aromatic N) is 1. The summed E-state index contributed by atoms with van der Waals surface area (Å²) in [6, 6.07) is 20.8. The van der Waals surface area contributed by atoms with Gasteiger partial charge in [0.05, 0.1) is 21.6 Å². The molecule has 0 spiro atoms. The molecule has 0 atom stereocenters. The Kier molecular flexibility index (Phi) is 9.15. The molecule has 4 rings (SSSR count). The number of benzene rings is 3. The second-order valence-electron chi connectivity index (χ2n) is 8.56. The zero-order valence-electron chi connectivity index (χ0n) is 19.2. The predicted molar refractivity (Wildman–Crippen MR) is 143 cm³/mol. The van der Waals surface area contributed by atoms with Crippen molar-refractivity contribution in [2.24, 2.45) is 0 Å². The standard InChI is InChI=1S/C27H29BrCl2N2O2/c1-33-26-15-21(13-23(28)27(26)34-18-20-7-8-24(29)25(30)14-20)16-31-22-9-11-32(12-10-22)17-19-5-3-2-4-6-19/h2-8,13-15,22,31H,9-12,16-18H2,1H3. The van der Waals surface area contributed by atoms with E-state index in [4.69, 9.17) is 32.7 Å². The number of likely N-dealkylation sites (tertiary alicyclic amines) is 1. The first-order chi connectivity index (χ1) is 16.5. The summed E-state index contributed by atoms with van der Waals surface area (Å²) in [4.78, 5) is 2.53. The van der Waals surface area contributed by atoms with E-state index in [2.05, 4.69) is 62.5 Å². The normalized spacial score (nSPS) is 14.8. The van der Waals surface area contributed by atoms with Crippen LogP contribution in [0.1, 0.15) is 29.5 Å². The highest BCUT2D eigenvalue weighted by atomic mass is 79.9. The van der Waals surface area contributed by atoms with Crippen LogP contribution in [0, 0.1) is 0 Å². The van der Waals surface area contributed by atoms with E-state index < -0.39 is 0 Å². The average molecular weight is 564 g/mol. The quantitative estimate of drug-likeness (QED) is 0.301. The molecule has 0 aromatic heterocycles. The topological polar surface area (TPSA) is 33.7 Å². The summed E-state index contributed by atoms with van der Waals surface area (Å²) >= 11 is 15.8. The van der Waals surface area contributed by atoms with Gasteiger partial charge in [0.1, 0.15) is 6.61 Å². The molecule has 1 heterocycles. The van der Waals surface area contributed by atoms with Crippen LogP contribution in [0.25, 0.3) is 0 Å². The molecule has 34 heavy (non-hydrogen) atoms. The lowest BCUT2D eigenvalue weighted by Crippen LogP contribution is -2.41. The van der Waals surface area contributed by atoms with Gasteiger partial charge in [0.25, 0.3) is 0 Å². The van der Waals surface area contributed by atoms with Gasteiger partial charge in [-0.2, -0.15) is 0 Å². The van der Waals surface area contributed by atoms with Gasteiger partial charge in [-0.3, -0.25) is 4.90 Å². The Hall–Kier alpha value is -1.76. The van der Waals surface area contributed by atoms with Gasteiger partial charge in [-0.25, -0.2) is 0 Å². The summed E-state index contributed by atoms with van der Waals surface area (Å²) in [5, 5.41) is 4.76. The summed E-state index contributed by atoms with van der Waals surface area (Å²) < 4.78 is 12.5. The van der Waals surface area contributed by atoms with Crippen molar-refractivity contribution in [1.82, 2.24) is 10.2 Å². The van der Waals surface area contributed by atoms with Crippen molar-refractivity contribution in [2.75, 3.05) is 20.2 Å². The Morgan fingerprint density at radius 2 is 1.71 bits per heavy atom. The highest BCUT2D eigenvalue weighted by molar-refractivity contribution is 9.10. The van der Waals surface area contributed by atoms with Gasteiger partial charge < -0.3 is 14.8 Å². The molecule has 0 aliphatic carbocycles. The molecule has 0 unspecified atom stereocenters. The van der Waals surface area contributed by atoms with E-state index in [0.29, 0.717) is 34.2 Å². The van der Waals surface area contributed by atoms with Crippen LogP contribution >= 0.6 is 39.1 Å². The molecule has 0 bridgehead atoms. The average Bonchev–Trinajstić information content (AvgIpc) is 2.85. The van der Waals surface area contributed by atoms with Crippen LogP contribution in [-0.4, -0.2) is 31.1 Å². The molecule has 1 aliphatic heterocycles. The van der Waals surface area contributed by atoms with Gasteiger partial charge in [-0.1, -0.05) is 59.6 Å². The fraction of sp³-hybridized carbons (Fsp3) is 0.333. The minimum atomic E-state index is 0.366. The molecule has 3 aromatic carbocycles. The number of rotatable bonds is 9. The van der Waals surface area contributed by atoms with Crippen molar-refractivity contribution in [3.8, 4) is 11.5 Å². The van der Waals surface area contributed by atoms with Gasteiger partial charge in [0.2, 0.25) is 0 Å². The summed E-state index contributed by atoms with van der Waals surface area (Å²) in [5.41, 5.74) is 3.47. The lowest BCUT2D eigenvalue weighted by molar-refractivity contribution is 0.190. The number of ether oxygens (including phenoxy) is 2. The lowest BCUT2D eigenvalue weighted by atomic mass is 10.0. The zero-order chi connectivity index (χ0) is 23.9. The number of nitrogens with one attached hydrogen (secondary N) is 1. The molecule has 0 radical (unpaired) electrons. The van der Waals surface area contributed by atoms with E-state index in [1.807, 2.05) is 18.2 Å². The number of piperidine rings is 1. The van der Waals surface area contributed by atoms with E-state index >= 15 is 0 Å². The third-order valence-corrected chi connectivity index (χ3v) is 7.42. The molecule has 4 nitrogen and oxygen atoms in total. The van der Waals surface area contributed by atoms with Crippen molar-refractivity contribution >= 4 is 39.1 Å². The van der Waals surface area contributed by atoms with Crippen LogP contribution in [0.3, 0.4) is 0 Å². The zero-order valence-corrected chi connectivity index (χ0v) is 22.3. The van der Waals surface area contributed by atoms with Gasteiger partial charge in [0, 0.05) is 19.1 Å². The van der Waals surface area contributed by atoms with E-state index in [-0.39, 0.29) is 0 Å². The van der Waals surface area contributed by atoms with Gasteiger partial charge in [-0.05, 0) is 82.8 Å². The Morgan fingerprint density at radius 1 is 0.941 bits per heavy atom. The Morgan fingerprint density at radius 3 is 2.41 bits per heavy atom. The smallest absolute Gasteiger partial charge is 0.175 e. The molecule has 3 aromatic rings. The number of hydrogen-bond acceptors (Lipinski definition) is 4. The largest absolute Gasteiger partial charge is 0.493 e. The molecule has 7 heteroatoms. The maximum atomic E-state index is 6.12. The fourth-order valence-electron chi connectivity index (χ4n) is 4.20. The Bertz CT molecular complexity index is 1090. The van der Waals surface area contributed by atoms with E-state index in [9.17, 15) is 0 Å². The summed E-state index contributed by atoms with van der Waals surface area (Å²) in [7, 11) is 1.66. The van der Waals surface area contributed by atoms with Crippen LogP contribution < -0.4 is 14.8 Å². The highest BCUT2D eigenvalue weighted by Crippen LogP contribution is 2.37. The molecule has 1 N–H and O–H groups in total. The van der Waals surface area contributed by atoms with E-state index in [1.54, 1.807) is 13.2 Å². The second kappa shape index (κ2) is 12.3. The summed E-state index contributed by atoms with van der Waals surface area (Å²) in [5.74, 6) is 1.37. The first kappa shape index (κ1) is 25.3. The van der Waals surface area contributed by atoms with E-state index in [1.165, 1.54) is 5.56 Å². The van der Waals surface area contributed by atoms with E-state index in [0.717, 1.165) is 54.6 Å². The number of methoxy groups -OCH3 is 1. The van der Waals surface area contributed by atoms with Crippen molar-refractivity contribution in [2.45, 2.75) is 38.6 Å². The maximum Gasteiger partial charge on any atom is 0.175 e. The molecular formula is C27H29BrCl2N2O2. The third-order valence-electron chi connectivity index (χ3n) is 6.09. The highest BCUT2D eigenvalue weighted by Gasteiger charge is 2.19. The van der Waals surface area contributed by atoms with Gasteiger partial charge in [-0.15, -0.1) is 0 Å². The molecule has 0 saturated carbocycles. The fourth-order valence-corrected chi connectivity index (χ4v) is 5.12. The Labute approximate surface area is 220 Å². The van der Waals surface area contributed by atoms with Crippen LogP contribution in [0.15, 0.2) is 65.1 Å². The lowest BCUT2D eigenvalue weighted by Gasteiger charge is -2.32. The second-order valence-corrected chi connectivity index (χ2v) is 10.2. The minimum absolute atomic E-state index is 0.366. The van der Waals surface area contributed by atoms with Crippen LogP contribution in [0.4, 0.5) is 0 Å². The maximum absolute atomic E-state index is 6.12.